The number of nitrogens with two attached hydrogens (primary N) is 1. The number of nitrogens with zero attached hydrogens (tertiary/aromatic N) is 1. The van der Waals surface area contributed by atoms with Crippen LogP contribution in [0.2, 0.25) is 0 Å². The molecule has 5 nitrogen and oxygen atoms in total. The van der Waals surface area contributed by atoms with E-state index < -0.39 is 0 Å². The number of rotatable bonds is 7. The summed E-state index contributed by atoms with van der Waals surface area (Å²) in [4.78, 5) is 25.6. The molecule has 1 aliphatic carbocycles. The Morgan fingerprint density at radius 2 is 1.90 bits per heavy atom. The predicted octanol–water partition coefficient (Wildman–Crippen LogP) is 0.586. The van der Waals surface area contributed by atoms with Gasteiger partial charge in [-0.15, -0.1) is 11.8 Å². The van der Waals surface area contributed by atoms with Gasteiger partial charge in [0, 0.05) is 25.7 Å². The summed E-state index contributed by atoms with van der Waals surface area (Å²) in [5.41, 5.74) is 5.65. The standard InChI is InChI=1S/C14H25N3O2S/c15-8-12(11-4-5-11)16-13(18)9-20-10-14(19)17-6-2-1-3-7-17/h11-12H,1-10,15H2,(H,16,18). The van der Waals surface area contributed by atoms with Crippen molar-refractivity contribution < 1.29 is 9.59 Å². The maximum Gasteiger partial charge on any atom is 0.232 e. The summed E-state index contributed by atoms with van der Waals surface area (Å²) in [6.07, 6.45) is 5.78. The van der Waals surface area contributed by atoms with Crippen molar-refractivity contribution in [2.75, 3.05) is 31.1 Å². The van der Waals surface area contributed by atoms with Crippen LogP contribution in [0.25, 0.3) is 0 Å². The number of amides is 2. The second-order valence-corrected chi connectivity index (χ2v) is 6.67. The van der Waals surface area contributed by atoms with Gasteiger partial charge in [-0.3, -0.25) is 9.59 Å². The molecule has 114 valence electrons. The fourth-order valence-electron chi connectivity index (χ4n) is 2.58. The fraction of sp³-hybridized carbons (Fsp3) is 0.857. The van der Waals surface area contributed by atoms with Gasteiger partial charge in [-0.2, -0.15) is 0 Å². The summed E-state index contributed by atoms with van der Waals surface area (Å²) in [5.74, 6) is 1.50. The molecule has 0 aromatic carbocycles. The van der Waals surface area contributed by atoms with Crippen molar-refractivity contribution >= 4 is 23.6 Å². The Labute approximate surface area is 125 Å². The van der Waals surface area contributed by atoms with Crippen molar-refractivity contribution in [1.82, 2.24) is 10.2 Å². The topological polar surface area (TPSA) is 75.4 Å². The van der Waals surface area contributed by atoms with Gasteiger partial charge in [0.15, 0.2) is 0 Å². The Morgan fingerprint density at radius 1 is 1.20 bits per heavy atom. The Kier molecular flexibility index (Phi) is 6.16. The van der Waals surface area contributed by atoms with Crippen molar-refractivity contribution in [3.8, 4) is 0 Å². The average Bonchev–Trinajstić information content (AvgIpc) is 3.30. The maximum atomic E-state index is 11.9. The van der Waals surface area contributed by atoms with Gasteiger partial charge in [0.2, 0.25) is 11.8 Å². The van der Waals surface area contributed by atoms with Crippen LogP contribution in [0, 0.1) is 5.92 Å². The molecular weight excluding hydrogens is 274 g/mol. The quantitative estimate of drug-likeness (QED) is 0.721. The van der Waals surface area contributed by atoms with Crippen LogP contribution in [-0.2, 0) is 9.59 Å². The van der Waals surface area contributed by atoms with E-state index in [0.29, 0.717) is 24.0 Å². The highest BCUT2D eigenvalue weighted by atomic mass is 32.2. The lowest BCUT2D eigenvalue weighted by Gasteiger charge is -2.26. The maximum absolute atomic E-state index is 11.9. The lowest BCUT2D eigenvalue weighted by Crippen LogP contribution is -2.42. The predicted molar refractivity (Wildman–Crippen MR) is 81.5 cm³/mol. The smallest absolute Gasteiger partial charge is 0.232 e. The first-order valence-corrected chi connectivity index (χ1v) is 8.71. The molecule has 0 spiro atoms. The number of hydrogen-bond acceptors (Lipinski definition) is 4. The Morgan fingerprint density at radius 3 is 2.50 bits per heavy atom. The van der Waals surface area contributed by atoms with Gasteiger partial charge in [0.05, 0.1) is 11.5 Å². The molecule has 1 aliphatic heterocycles. The first-order chi connectivity index (χ1) is 9.70. The first-order valence-electron chi connectivity index (χ1n) is 7.55. The molecule has 3 N–H and O–H groups in total. The molecule has 1 atom stereocenters. The summed E-state index contributed by atoms with van der Waals surface area (Å²) >= 11 is 1.40. The van der Waals surface area contributed by atoms with E-state index >= 15 is 0 Å². The van der Waals surface area contributed by atoms with Crippen molar-refractivity contribution in [2.45, 2.75) is 38.1 Å². The molecule has 1 unspecified atom stereocenters. The summed E-state index contributed by atoms with van der Waals surface area (Å²) in [7, 11) is 0. The molecule has 1 saturated heterocycles. The summed E-state index contributed by atoms with van der Waals surface area (Å²) in [6.45, 7) is 2.26. The van der Waals surface area contributed by atoms with Gasteiger partial charge in [0.1, 0.15) is 0 Å². The Bertz CT molecular complexity index is 341. The van der Waals surface area contributed by atoms with E-state index in [1.165, 1.54) is 31.0 Å². The monoisotopic (exact) mass is 299 g/mol. The van der Waals surface area contributed by atoms with E-state index in [-0.39, 0.29) is 17.9 Å². The highest BCUT2D eigenvalue weighted by Crippen LogP contribution is 2.32. The van der Waals surface area contributed by atoms with Crippen LogP contribution < -0.4 is 11.1 Å². The molecule has 2 amide bonds. The molecule has 6 heteroatoms. The zero-order chi connectivity index (χ0) is 14.4. The van der Waals surface area contributed by atoms with E-state index in [2.05, 4.69) is 5.32 Å². The number of likely N-dealkylation sites (tertiary alicyclic amines) is 1. The molecule has 0 bridgehead atoms. The largest absolute Gasteiger partial charge is 0.351 e. The van der Waals surface area contributed by atoms with E-state index in [4.69, 9.17) is 5.73 Å². The molecule has 1 saturated carbocycles. The minimum absolute atomic E-state index is 0.00351. The molecule has 2 fully saturated rings. The van der Waals surface area contributed by atoms with Crippen molar-refractivity contribution in [1.29, 1.82) is 0 Å². The molecule has 0 aromatic rings. The second-order valence-electron chi connectivity index (χ2n) is 5.68. The summed E-state index contributed by atoms with van der Waals surface area (Å²) in [5, 5.41) is 2.97. The SMILES string of the molecule is NCC(NC(=O)CSCC(=O)N1CCCCC1)C1CC1. The van der Waals surface area contributed by atoms with Gasteiger partial charge < -0.3 is 16.0 Å². The van der Waals surface area contributed by atoms with E-state index in [1.54, 1.807) is 0 Å². The summed E-state index contributed by atoms with van der Waals surface area (Å²) in [6, 6.07) is 0.126. The minimum Gasteiger partial charge on any atom is -0.351 e. The number of hydrogen-bond donors (Lipinski definition) is 2. The molecule has 2 rings (SSSR count). The fourth-order valence-corrected chi connectivity index (χ4v) is 3.31. The third kappa shape index (κ3) is 4.98. The molecule has 0 aromatic heterocycles. The van der Waals surface area contributed by atoms with Gasteiger partial charge in [-0.05, 0) is 38.0 Å². The minimum atomic E-state index is 0.00351. The first kappa shape index (κ1) is 15.6. The number of nitrogens with one attached hydrogen (secondary N) is 1. The van der Waals surface area contributed by atoms with Crippen LogP contribution in [0.15, 0.2) is 0 Å². The summed E-state index contributed by atoms with van der Waals surface area (Å²) < 4.78 is 0. The van der Waals surface area contributed by atoms with Gasteiger partial charge in [-0.1, -0.05) is 0 Å². The third-order valence-electron chi connectivity index (χ3n) is 3.96. The third-order valence-corrected chi connectivity index (χ3v) is 4.88. The number of carbonyl (C=O) groups is 2. The van der Waals surface area contributed by atoms with Gasteiger partial charge >= 0.3 is 0 Å². The normalized spacial score (nSPS) is 20.6. The van der Waals surface area contributed by atoms with E-state index in [1.807, 2.05) is 4.90 Å². The van der Waals surface area contributed by atoms with Crippen LogP contribution >= 0.6 is 11.8 Å². The van der Waals surface area contributed by atoms with Crippen LogP contribution in [0.5, 0.6) is 0 Å². The van der Waals surface area contributed by atoms with Crippen molar-refractivity contribution in [2.24, 2.45) is 11.7 Å². The van der Waals surface area contributed by atoms with E-state index in [0.717, 1.165) is 25.9 Å². The number of thioether (sulfide) groups is 1. The Hall–Kier alpha value is -0.750. The van der Waals surface area contributed by atoms with Crippen LogP contribution in [0.3, 0.4) is 0 Å². The molecule has 2 aliphatic rings. The molecule has 20 heavy (non-hydrogen) atoms. The van der Waals surface area contributed by atoms with Crippen LogP contribution in [0.1, 0.15) is 32.1 Å². The van der Waals surface area contributed by atoms with Crippen molar-refractivity contribution in [3.63, 3.8) is 0 Å². The molecular formula is C14H25N3O2S. The van der Waals surface area contributed by atoms with Gasteiger partial charge in [-0.25, -0.2) is 0 Å². The highest BCUT2D eigenvalue weighted by Gasteiger charge is 2.31. The van der Waals surface area contributed by atoms with Crippen LogP contribution in [-0.4, -0.2) is 53.9 Å². The molecule has 0 radical (unpaired) electrons. The van der Waals surface area contributed by atoms with E-state index in [9.17, 15) is 9.59 Å². The van der Waals surface area contributed by atoms with Crippen LogP contribution in [0.4, 0.5) is 0 Å². The molecule has 1 heterocycles. The second kappa shape index (κ2) is 7.88. The lowest BCUT2D eigenvalue weighted by molar-refractivity contribution is -0.129. The zero-order valence-corrected chi connectivity index (χ0v) is 12.8. The van der Waals surface area contributed by atoms with Gasteiger partial charge in [0.25, 0.3) is 0 Å². The average molecular weight is 299 g/mol. The zero-order valence-electron chi connectivity index (χ0n) is 12.0. The lowest BCUT2D eigenvalue weighted by atomic mass is 10.1. The number of carbonyl (C=O) groups excluding carboxylic acids is 2. The highest BCUT2D eigenvalue weighted by molar-refractivity contribution is 8.00. The van der Waals surface area contributed by atoms with Crippen molar-refractivity contribution in [3.05, 3.63) is 0 Å². The Balaban J connectivity index is 1.59. The number of piperidine rings is 1.